The van der Waals surface area contributed by atoms with Gasteiger partial charge in [-0.3, -0.25) is 9.69 Å². The van der Waals surface area contributed by atoms with Crippen LogP contribution in [0.3, 0.4) is 0 Å². The molecule has 19 heavy (non-hydrogen) atoms. The first-order chi connectivity index (χ1) is 9.06. The van der Waals surface area contributed by atoms with Gasteiger partial charge in [0.05, 0.1) is 5.92 Å². The Kier molecular flexibility index (Phi) is 4.80. The normalized spacial score (nSPS) is 19.3. The molecule has 0 radical (unpaired) electrons. The highest BCUT2D eigenvalue weighted by Crippen LogP contribution is 2.20. The molecule has 1 aromatic rings. The van der Waals surface area contributed by atoms with Crippen LogP contribution in [-0.4, -0.2) is 55.5 Å². The lowest BCUT2D eigenvalue weighted by atomic mass is 9.97. The summed E-state index contributed by atoms with van der Waals surface area (Å²) < 4.78 is 0. The Morgan fingerprint density at radius 2 is 1.84 bits per heavy atom. The molecule has 0 spiro atoms. The first-order valence-electron chi connectivity index (χ1n) is 6.52. The quantitative estimate of drug-likeness (QED) is 0.901. The third-order valence-electron chi connectivity index (χ3n) is 3.65. The molecular weight excluding hydrogens is 262 g/mol. The van der Waals surface area contributed by atoms with Gasteiger partial charge in [-0.2, -0.15) is 0 Å². The van der Waals surface area contributed by atoms with Crippen molar-refractivity contribution < 1.29 is 4.79 Å². The Labute approximate surface area is 119 Å². The molecule has 0 aromatic heterocycles. The lowest BCUT2D eigenvalue weighted by molar-refractivity contribution is -0.120. The fraction of sp³-hybridized carbons (Fsp3) is 0.500. The summed E-state index contributed by atoms with van der Waals surface area (Å²) in [5, 5.41) is 0.673. The number of carbonyl (C=O) groups excluding carboxylic acids is 1. The fourth-order valence-corrected chi connectivity index (χ4v) is 2.47. The Balaban J connectivity index is 2.04. The highest BCUT2D eigenvalue weighted by atomic mass is 35.5. The number of nitrogens with zero attached hydrogens (tertiary/aromatic N) is 2. The second-order valence-corrected chi connectivity index (χ2v) is 5.55. The summed E-state index contributed by atoms with van der Waals surface area (Å²) in [6.45, 7) is 4.71. The molecule has 1 aromatic carbocycles. The van der Waals surface area contributed by atoms with Crippen LogP contribution in [0, 0.1) is 0 Å². The molecular formula is C14H20ClN3O. The number of hydrogen-bond donors (Lipinski definition) is 1. The van der Waals surface area contributed by atoms with Crippen molar-refractivity contribution in [1.29, 1.82) is 0 Å². The van der Waals surface area contributed by atoms with Gasteiger partial charge in [0.1, 0.15) is 0 Å². The van der Waals surface area contributed by atoms with E-state index in [-0.39, 0.29) is 11.8 Å². The molecule has 1 aliphatic rings. The van der Waals surface area contributed by atoms with Gasteiger partial charge in [-0.05, 0) is 24.7 Å². The molecule has 2 N–H and O–H groups in total. The molecule has 4 nitrogen and oxygen atoms in total. The predicted octanol–water partition coefficient (Wildman–Crippen LogP) is 1.16. The second kappa shape index (κ2) is 6.37. The lowest BCUT2D eigenvalue weighted by Gasteiger charge is -2.34. The van der Waals surface area contributed by atoms with Crippen LogP contribution in [0.5, 0.6) is 0 Å². The molecule has 1 atom stereocenters. The Morgan fingerprint density at radius 1 is 1.26 bits per heavy atom. The minimum absolute atomic E-state index is 0.263. The number of nitrogens with two attached hydrogens (primary N) is 1. The molecule has 1 fully saturated rings. The van der Waals surface area contributed by atoms with Crippen molar-refractivity contribution in [3.63, 3.8) is 0 Å². The highest BCUT2D eigenvalue weighted by molar-refractivity contribution is 6.30. The second-order valence-electron chi connectivity index (χ2n) is 5.11. The zero-order chi connectivity index (χ0) is 13.8. The molecule has 104 valence electrons. The summed E-state index contributed by atoms with van der Waals surface area (Å²) in [4.78, 5) is 16.3. The summed E-state index contributed by atoms with van der Waals surface area (Å²) in [6, 6.07) is 7.37. The van der Waals surface area contributed by atoms with Crippen LogP contribution in [0.4, 0.5) is 0 Å². The van der Waals surface area contributed by atoms with E-state index in [0.29, 0.717) is 11.6 Å². The first-order valence-corrected chi connectivity index (χ1v) is 6.90. The highest BCUT2D eigenvalue weighted by Gasteiger charge is 2.23. The monoisotopic (exact) mass is 281 g/mol. The summed E-state index contributed by atoms with van der Waals surface area (Å²) in [7, 11) is 2.11. The third-order valence-corrected chi connectivity index (χ3v) is 3.90. The van der Waals surface area contributed by atoms with Crippen molar-refractivity contribution in [2.75, 3.05) is 39.8 Å². The summed E-state index contributed by atoms with van der Waals surface area (Å²) in [5.74, 6) is -0.540. The van der Waals surface area contributed by atoms with Gasteiger partial charge < -0.3 is 10.6 Å². The molecule has 1 amide bonds. The summed E-state index contributed by atoms with van der Waals surface area (Å²) >= 11 is 5.87. The van der Waals surface area contributed by atoms with Crippen LogP contribution in [0.2, 0.25) is 5.02 Å². The van der Waals surface area contributed by atoms with Crippen LogP contribution in [0.25, 0.3) is 0 Å². The smallest absolute Gasteiger partial charge is 0.226 e. The number of likely N-dealkylation sites (N-methyl/N-ethyl adjacent to an activating group) is 1. The van der Waals surface area contributed by atoms with E-state index in [0.717, 1.165) is 31.7 Å². The number of rotatable bonds is 4. The van der Waals surface area contributed by atoms with Crippen molar-refractivity contribution in [1.82, 2.24) is 9.80 Å². The Hall–Kier alpha value is -1.10. The molecule has 1 heterocycles. The minimum atomic E-state index is -0.277. The third kappa shape index (κ3) is 3.93. The Morgan fingerprint density at radius 3 is 2.37 bits per heavy atom. The zero-order valence-electron chi connectivity index (χ0n) is 11.2. The minimum Gasteiger partial charge on any atom is -0.369 e. The van der Waals surface area contributed by atoms with E-state index in [1.807, 2.05) is 12.1 Å². The van der Waals surface area contributed by atoms with Gasteiger partial charge in [0.2, 0.25) is 5.91 Å². The first kappa shape index (κ1) is 14.3. The summed E-state index contributed by atoms with van der Waals surface area (Å²) in [5.41, 5.74) is 6.48. The predicted molar refractivity (Wildman–Crippen MR) is 77.3 cm³/mol. The van der Waals surface area contributed by atoms with Crippen LogP contribution < -0.4 is 5.73 Å². The average molecular weight is 282 g/mol. The summed E-state index contributed by atoms with van der Waals surface area (Å²) in [6.07, 6.45) is 0. The molecule has 0 saturated carbocycles. The average Bonchev–Trinajstić information content (AvgIpc) is 2.39. The van der Waals surface area contributed by atoms with Crippen LogP contribution >= 0.6 is 11.6 Å². The maximum Gasteiger partial charge on any atom is 0.226 e. The maximum atomic E-state index is 11.7. The number of piperazine rings is 1. The number of halogens is 1. The molecule has 0 bridgehead atoms. The molecule has 0 unspecified atom stereocenters. The van der Waals surface area contributed by atoms with Gasteiger partial charge in [-0.1, -0.05) is 23.7 Å². The molecule has 5 heteroatoms. The van der Waals surface area contributed by atoms with E-state index in [1.165, 1.54) is 0 Å². The molecule has 1 aliphatic heterocycles. The van der Waals surface area contributed by atoms with Gasteiger partial charge in [0.15, 0.2) is 0 Å². The van der Waals surface area contributed by atoms with Gasteiger partial charge in [-0.25, -0.2) is 0 Å². The van der Waals surface area contributed by atoms with Gasteiger partial charge >= 0.3 is 0 Å². The van der Waals surface area contributed by atoms with Crippen molar-refractivity contribution in [2.24, 2.45) is 5.73 Å². The topological polar surface area (TPSA) is 49.6 Å². The lowest BCUT2D eigenvalue weighted by Crippen LogP contribution is -2.47. The van der Waals surface area contributed by atoms with E-state index in [4.69, 9.17) is 17.3 Å². The number of benzene rings is 1. The van der Waals surface area contributed by atoms with E-state index in [1.54, 1.807) is 12.1 Å². The van der Waals surface area contributed by atoms with Crippen molar-refractivity contribution in [3.8, 4) is 0 Å². The van der Waals surface area contributed by atoms with Crippen LogP contribution in [-0.2, 0) is 4.79 Å². The van der Waals surface area contributed by atoms with Crippen LogP contribution in [0.1, 0.15) is 11.5 Å². The number of carbonyl (C=O) groups is 1. The van der Waals surface area contributed by atoms with Crippen molar-refractivity contribution >= 4 is 17.5 Å². The van der Waals surface area contributed by atoms with Crippen LogP contribution in [0.15, 0.2) is 24.3 Å². The number of amides is 1. The van der Waals surface area contributed by atoms with E-state index < -0.39 is 0 Å². The fourth-order valence-electron chi connectivity index (χ4n) is 2.34. The van der Waals surface area contributed by atoms with E-state index in [2.05, 4.69) is 16.8 Å². The Bertz CT molecular complexity index is 427. The maximum absolute atomic E-state index is 11.7. The van der Waals surface area contributed by atoms with Gasteiger partial charge in [0.25, 0.3) is 0 Å². The number of primary amides is 1. The van der Waals surface area contributed by atoms with Gasteiger partial charge in [0, 0.05) is 37.7 Å². The standard InChI is InChI=1S/C14H20ClN3O/c1-17-6-8-18(9-7-17)10-13(14(16)19)11-2-4-12(15)5-3-11/h2-5,13H,6-10H2,1H3,(H2,16,19)/t13-/m0/s1. The molecule has 2 rings (SSSR count). The SMILES string of the molecule is CN1CCN(C[C@H](C(N)=O)c2ccc(Cl)cc2)CC1. The van der Waals surface area contributed by atoms with E-state index >= 15 is 0 Å². The van der Waals surface area contributed by atoms with Crippen molar-refractivity contribution in [3.05, 3.63) is 34.9 Å². The van der Waals surface area contributed by atoms with Crippen molar-refractivity contribution in [2.45, 2.75) is 5.92 Å². The number of hydrogen-bond acceptors (Lipinski definition) is 3. The molecule has 1 saturated heterocycles. The van der Waals surface area contributed by atoms with E-state index in [9.17, 15) is 4.79 Å². The largest absolute Gasteiger partial charge is 0.369 e. The molecule has 0 aliphatic carbocycles. The van der Waals surface area contributed by atoms with Gasteiger partial charge in [-0.15, -0.1) is 0 Å². The zero-order valence-corrected chi connectivity index (χ0v) is 11.9.